The van der Waals surface area contributed by atoms with E-state index in [4.69, 9.17) is 14.6 Å². The predicted octanol–water partition coefficient (Wildman–Crippen LogP) is 4.38. The number of hydrogen-bond acceptors (Lipinski definition) is 9. The van der Waals surface area contributed by atoms with Crippen LogP contribution in [0, 0.1) is 11.3 Å². The summed E-state index contributed by atoms with van der Waals surface area (Å²) in [6.45, 7) is 2.28. The number of fused-ring (bicyclic) bond motifs is 2. The summed E-state index contributed by atoms with van der Waals surface area (Å²) >= 11 is 0. The number of nitrogens with one attached hydrogen (secondary N) is 1. The number of carboxylic acid groups (broad SMARTS) is 1. The van der Waals surface area contributed by atoms with Crippen LogP contribution in [0.2, 0.25) is 0 Å². The summed E-state index contributed by atoms with van der Waals surface area (Å²) in [7, 11) is 5.35. The molecule has 1 aliphatic rings. The van der Waals surface area contributed by atoms with Gasteiger partial charge in [-0.05, 0) is 59.8 Å². The van der Waals surface area contributed by atoms with Gasteiger partial charge in [-0.25, -0.2) is 19.3 Å². The van der Waals surface area contributed by atoms with Crippen LogP contribution in [0.4, 0.5) is 24.8 Å². The third kappa shape index (κ3) is 7.42. The molecule has 0 fully saturated rings. The van der Waals surface area contributed by atoms with Crippen molar-refractivity contribution >= 4 is 34.8 Å². The van der Waals surface area contributed by atoms with E-state index in [9.17, 15) is 28.0 Å². The molecule has 0 radical (unpaired) electrons. The number of nitriles is 1. The average Bonchev–Trinajstić information content (AvgIpc) is 3.50. The number of benzene rings is 3. The van der Waals surface area contributed by atoms with E-state index >= 15 is 0 Å². The number of aromatic amines is 1. The van der Waals surface area contributed by atoms with Gasteiger partial charge in [-0.2, -0.15) is 18.4 Å². The van der Waals surface area contributed by atoms with Gasteiger partial charge in [0.1, 0.15) is 18.3 Å². The van der Waals surface area contributed by atoms with E-state index in [1.165, 1.54) is 28.7 Å². The molecule has 15 heteroatoms. The van der Waals surface area contributed by atoms with Gasteiger partial charge in [0.05, 0.1) is 50.5 Å². The van der Waals surface area contributed by atoms with Crippen molar-refractivity contribution in [3.05, 3.63) is 129 Å². The Balaban J connectivity index is 0.00000168. The fraction of sp³-hybridized carbons (Fsp3) is 0.243. The Labute approximate surface area is 296 Å². The van der Waals surface area contributed by atoms with Gasteiger partial charge < -0.3 is 19.1 Å². The number of pyridine rings is 1. The number of likely N-dealkylation sites (N-methyl/N-ethyl adjacent to an activating group) is 1. The van der Waals surface area contributed by atoms with Gasteiger partial charge >= 0.3 is 17.8 Å². The fourth-order valence-electron chi connectivity index (χ4n) is 6.45. The first kappa shape index (κ1) is 37.0. The summed E-state index contributed by atoms with van der Waals surface area (Å²) < 4.78 is 48.1. The fourth-order valence-corrected chi connectivity index (χ4v) is 6.45. The number of methoxy groups -OCH3 is 1. The van der Waals surface area contributed by atoms with Crippen molar-refractivity contribution in [1.82, 2.24) is 19.7 Å². The SMILES string of the molecule is COC(=O)C1=C(C)N(c2cccc(C(F)(F)F)c2)c2n[nH]c(=O)n2[C@@H]1c1ccc(C#N)cc1CC[N+](C)(C)Cc1nccc2ccccc12.O=C[O-]. The molecule has 0 bridgehead atoms. The lowest BCUT2D eigenvalue weighted by atomic mass is 9.89. The summed E-state index contributed by atoms with van der Waals surface area (Å²) in [5, 5.41) is 26.8. The van der Waals surface area contributed by atoms with Crippen LogP contribution >= 0.6 is 0 Å². The third-order valence-electron chi connectivity index (χ3n) is 8.87. The second-order valence-electron chi connectivity index (χ2n) is 12.6. The largest absolute Gasteiger partial charge is 0.554 e. The highest BCUT2D eigenvalue weighted by Gasteiger charge is 2.41. The van der Waals surface area contributed by atoms with Crippen molar-refractivity contribution in [2.24, 2.45) is 0 Å². The summed E-state index contributed by atoms with van der Waals surface area (Å²) in [6.07, 6.45) is -2.39. The van der Waals surface area contributed by atoms with Crippen LogP contribution in [-0.4, -0.2) is 64.4 Å². The van der Waals surface area contributed by atoms with Gasteiger partial charge in [-0.15, -0.1) is 5.10 Å². The number of aromatic nitrogens is 4. The minimum atomic E-state index is -4.63. The second kappa shape index (κ2) is 14.9. The Morgan fingerprint density at radius 1 is 1.12 bits per heavy atom. The molecule has 0 spiro atoms. The average molecular weight is 714 g/mol. The van der Waals surface area contributed by atoms with Gasteiger partial charge in [0.2, 0.25) is 5.95 Å². The van der Waals surface area contributed by atoms with Crippen LogP contribution in [0.15, 0.2) is 95.1 Å². The quantitative estimate of drug-likeness (QED) is 0.140. The molecule has 12 nitrogen and oxygen atoms in total. The minimum absolute atomic E-state index is 0.00655. The van der Waals surface area contributed by atoms with Crippen molar-refractivity contribution in [2.45, 2.75) is 32.1 Å². The highest BCUT2D eigenvalue weighted by Crippen LogP contribution is 2.43. The van der Waals surface area contributed by atoms with E-state index in [1.54, 1.807) is 31.3 Å². The van der Waals surface area contributed by atoms with Crippen molar-refractivity contribution in [2.75, 3.05) is 32.6 Å². The lowest BCUT2D eigenvalue weighted by Gasteiger charge is -2.36. The third-order valence-corrected chi connectivity index (χ3v) is 8.87. The summed E-state index contributed by atoms with van der Waals surface area (Å²) in [5.74, 6) is -0.778. The zero-order valence-electron chi connectivity index (χ0n) is 28.6. The molecule has 1 atom stereocenters. The lowest BCUT2D eigenvalue weighted by Crippen LogP contribution is -2.41. The summed E-state index contributed by atoms with van der Waals surface area (Å²) in [6, 6.07) is 20.7. The number of hydrogen-bond donors (Lipinski definition) is 1. The zero-order valence-corrected chi connectivity index (χ0v) is 28.6. The smallest absolute Gasteiger partial charge is 0.416 e. The minimum Gasteiger partial charge on any atom is -0.554 e. The molecule has 5 aromatic rings. The number of carbonyl (C=O) groups is 2. The number of alkyl halides is 3. The van der Waals surface area contributed by atoms with E-state index in [-0.39, 0.29) is 22.9 Å². The van der Waals surface area contributed by atoms with Gasteiger partial charge in [0.25, 0.3) is 0 Å². The number of H-pyrrole nitrogens is 1. The zero-order chi connectivity index (χ0) is 37.8. The number of esters is 1. The predicted molar refractivity (Wildman–Crippen MR) is 183 cm³/mol. The number of allylic oxidation sites excluding steroid dienone is 1. The Hall–Kier alpha value is -6.27. The lowest BCUT2D eigenvalue weighted by molar-refractivity contribution is -0.903. The number of anilines is 2. The van der Waals surface area contributed by atoms with E-state index in [0.717, 1.165) is 28.6 Å². The molecule has 52 heavy (non-hydrogen) atoms. The first-order chi connectivity index (χ1) is 24.7. The van der Waals surface area contributed by atoms with Crippen molar-refractivity contribution in [3.8, 4) is 6.07 Å². The molecule has 6 rings (SSSR count). The molecule has 268 valence electrons. The van der Waals surface area contributed by atoms with Crippen LogP contribution in [0.3, 0.4) is 0 Å². The maximum atomic E-state index is 13.7. The molecule has 0 saturated carbocycles. The number of rotatable bonds is 8. The van der Waals surface area contributed by atoms with Gasteiger partial charge in [0.15, 0.2) is 0 Å². The van der Waals surface area contributed by atoms with Gasteiger partial charge in [-0.1, -0.05) is 36.4 Å². The summed E-state index contributed by atoms with van der Waals surface area (Å²) in [4.78, 5) is 41.3. The topological polar surface area (TPSA) is 157 Å². The number of halogens is 3. The molecular weight excluding hydrogens is 679 g/mol. The number of carbonyl (C=O) groups excluding carboxylic acids is 2. The Kier molecular flexibility index (Phi) is 10.6. The maximum absolute atomic E-state index is 13.7. The first-order valence-corrected chi connectivity index (χ1v) is 15.9. The number of nitrogens with zero attached hydrogens (tertiary/aromatic N) is 6. The van der Waals surface area contributed by atoms with Crippen molar-refractivity contribution in [1.29, 1.82) is 5.26 Å². The number of quaternary nitrogens is 1. The van der Waals surface area contributed by atoms with Crippen LogP contribution in [0.5, 0.6) is 0 Å². The molecule has 0 aliphatic carbocycles. The Bertz CT molecular complexity index is 2260. The van der Waals surface area contributed by atoms with Crippen molar-refractivity contribution in [3.63, 3.8) is 0 Å². The number of ether oxygens (including phenoxy) is 1. The monoisotopic (exact) mass is 713 g/mol. The van der Waals surface area contributed by atoms with E-state index in [0.29, 0.717) is 40.7 Å². The Morgan fingerprint density at radius 2 is 1.85 bits per heavy atom. The molecular formula is C37H34F3N7O5. The van der Waals surface area contributed by atoms with Crippen LogP contribution in [0.1, 0.15) is 40.9 Å². The molecule has 0 unspecified atom stereocenters. The molecule has 0 amide bonds. The molecule has 3 heterocycles. The molecule has 1 aliphatic heterocycles. The molecule has 2 aromatic heterocycles. The molecule has 3 aromatic carbocycles. The van der Waals surface area contributed by atoms with Crippen LogP contribution in [0.25, 0.3) is 10.8 Å². The van der Waals surface area contributed by atoms with Crippen LogP contribution < -0.4 is 15.7 Å². The second-order valence-corrected chi connectivity index (χ2v) is 12.6. The Morgan fingerprint density at radius 3 is 2.54 bits per heavy atom. The van der Waals surface area contributed by atoms with E-state index in [1.807, 2.05) is 30.3 Å². The molecule has 1 N–H and O–H groups in total. The first-order valence-electron chi connectivity index (χ1n) is 15.9. The highest BCUT2D eigenvalue weighted by molar-refractivity contribution is 5.93. The molecule has 0 saturated heterocycles. The van der Waals surface area contributed by atoms with Crippen LogP contribution in [-0.2, 0) is 33.5 Å². The van der Waals surface area contributed by atoms with E-state index < -0.39 is 35.9 Å². The van der Waals surface area contributed by atoms with Gasteiger partial charge in [-0.3, -0.25) is 9.88 Å². The standard InChI is InChI=1S/C36H32F3N7O3.CH2O2/c1-22-31(33(47)49-4)32(45-34(42-43-35(45)48)44(22)27-10-7-9-26(19-27)36(37,38)39)29-13-12-23(20-40)18-25(29)15-17-46(2,3)21-30-28-11-6-5-8-24(28)14-16-41-30;2-1-3/h5-14,16,18-19,32H,15,17,21H2,1-4H3;1H,(H,2,3)/t32-;/m1./s1. The highest BCUT2D eigenvalue weighted by atomic mass is 19.4. The van der Waals surface area contributed by atoms with Crippen molar-refractivity contribution < 1.29 is 37.1 Å². The van der Waals surface area contributed by atoms with E-state index in [2.05, 4.69) is 35.3 Å². The van der Waals surface area contributed by atoms with Gasteiger partial charge in [0, 0.05) is 35.9 Å². The maximum Gasteiger partial charge on any atom is 0.416 e. The normalized spacial score (nSPS) is 14.3. The summed E-state index contributed by atoms with van der Waals surface area (Å²) in [5.41, 5.74) is 1.33.